The van der Waals surface area contributed by atoms with Crippen LogP contribution in [-0.4, -0.2) is 23.6 Å². The molecule has 1 aromatic heterocycles. The molecule has 0 unspecified atom stereocenters. The van der Waals surface area contributed by atoms with E-state index in [0.29, 0.717) is 33.4 Å². The van der Waals surface area contributed by atoms with Crippen LogP contribution < -0.4 is 5.32 Å². The Balaban J connectivity index is 1.66. The Morgan fingerprint density at radius 2 is 1.86 bits per heavy atom. The summed E-state index contributed by atoms with van der Waals surface area (Å²) in [6.07, 6.45) is 3.43. The van der Waals surface area contributed by atoms with Crippen molar-refractivity contribution in [1.82, 2.24) is 4.57 Å². The van der Waals surface area contributed by atoms with Gasteiger partial charge in [-0.15, -0.1) is 0 Å². The number of nitrogens with one attached hydrogen (secondary N) is 1. The van der Waals surface area contributed by atoms with Crippen LogP contribution in [0.3, 0.4) is 0 Å². The first kappa shape index (κ1) is 24.1. The summed E-state index contributed by atoms with van der Waals surface area (Å²) >= 11 is 11.9. The number of nitriles is 1. The lowest BCUT2D eigenvalue weighted by molar-refractivity contribution is -0.112. The standard InChI is InChI=1S/C27H19Cl2N3O3/c1-35-27(34)18-6-4-5-17(11-18)15-32-16-20(22-7-2-3-8-25(22)32)12-19(14-30)26(33)31-21-9-10-23(28)24(29)13-21/h2-13,16H,15H2,1H3,(H,31,33)/b19-12-. The molecule has 0 saturated heterocycles. The number of anilines is 1. The van der Waals surface area contributed by atoms with Crippen molar-refractivity contribution >= 4 is 57.7 Å². The minimum atomic E-state index is -0.562. The smallest absolute Gasteiger partial charge is 0.337 e. The number of esters is 1. The van der Waals surface area contributed by atoms with E-state index in [9.17, 15) is 14.9 Å². The van der Waals surface area contributed by atoms with Crippen LogP contribution in [-0.2, 0) is 16.1 Å². The molecule has 0 atom stereocenters. The van der Waals surface area contributed by atoms with Crippen LogP contribution >= 0.6 is 23.2 Å². The highest BCUT2D eigenvalue weighted by atomic mass is 35.5. The van der Waals surface area contributed by atoms with Crippen molar-refractivity contribution in [2.75, 3.05) is 12.4 Å². The Hall–Kier alpha value is -4.05. The topological polar surface area (TPSA) is 84.1 Å². The summed E-state index contributed by atoms with van der Waals surface area (Å²) in [5.74, 6) is -0.965. The molecular weight excluding hydrogens is 485 g/mol. The van der Waals surface area contributed by atoms with Gasteiger partial charge in [-0.2, -0.15) is 5.26 Å². The predicted molar refractivity (Wildman–Crippen MR) is 138 cm³/mol. The molecule has 0 aliphatic carbocycles. The molecule has 3 aromatic carbocycles. The molecule has 0 aliphatic rings. The lowest BCUT2D eigenvalue weighted by Crippen LogP contribution is -2.13. The molecule has 174 valence electrons. The van der Waals surface area contributed by atoms with Crippen LogP contribution in [0.1, 0.15) is 21.5 Å². The zero-order chi connectivity index (χ0) is 24.9. The van der Waals surface area contributed by atoms with E-state index in [1.54, 1.807) is 36.4 Å². The van der Waals surface area contributed by atoms with Gasteiger partial charge in [0.1, 0.15) is 11.6 Å². The molecule has 1 amide bonds. The first-order valence-corrected chi connectivity index (χ1v) is 11.3. The Kier molecular flexibility index (Phi) is 7.21. The maximum atomic E-state index is 12.8. The SMILES string of the molecule is COC(=O)c1cccc(Cn2cc(/C=C(/C#N)C(=O)Nc3ccc(Cl)c(Cl)c3)c3ccccc32)c1. The van der Waals surface area contributed by atoms with Crippen LogP contribution in [0, 0.1) is 11.3 Å². The number of carbonyl (C=O) groups is 2. The predicted octanol–water partition coefficient (Wildman–Crippen LogP) is 6.33. The van der Waals surface area contributed by atoms with E-state index in [4.69, 9.17) is 27.9 Å². The fourth-order valence-electron chi connectivity index (χ4n) is 3.71. The number of fused-ring (bicyclic) bond motifs is 1. The average Bonchev–Trinajstić information content (AvgIpc) is 3.21. The van der Waals surface area contributed by atoms with Crippen LogP contribution in [0.5, 0.6) is 0 Å². The van der Waals surface area contributed by atoms with Gasteiger partial charge in [0.2, 0.25) is 0 Å². The third kappa shape index (κ3) is 5.38. The third-order valence-corrected chi connectivity index (χ3v) is 6.10. The number of carbonyl (C=O) groups excluding carboxylic acids is 2. The normalized spacial score (nSPS) is 11.2. The zero-order valence-corrected chi connectivity index (χ0v) is 20.1. The number of rotatable bonds is 6. The van der Waals surface area contributed by atoms with Gasteiger partial charge in [-0.3, -0.25) is 4.79 Å². The van der Waals surface area contributed by atoms with Gasteiger partial charge >= 0.3 is 5.97 Å². The molecule has 8 heteroatoms. The number of aromatic nitrogens is 1. The number of hydrogen-bond acceptors (Lipinski definition) is 4. The first-order chi connectivity index (χ1) is 16.9. The summed E-state index contributed by atoms with van der Waals surface area (Å²) in [7, 11) is 1.34. The summed E-state index contributed by atoms with van der Waals surface area (Å²) in [4.78, 5) is 24.7. The molecular formula is C27H19Cl2N3O3. The molecule has 0 saturated carbocycles. The van der Waals surface area contributed by atoms with Crippen LogP contribution in [0.25, 0.3) is 17.0 Å². The molecule has 1 N–H and O–H groups in total. The molecule has 35 heavy (non-hydrogen) atoms. The lowest BCUT2D eigenvalue weighted by atomic mass is 10.1. The number of benzene rings is 3. The number of para-hydroxylation sites is 1. The zero-order valence-electron chi connectivity index (χ0n) is 18.6. The van der Waals surface area contributed by atoms with Gasteiger partial charge in [0.05, 0.1) is 22.7 Å². The third-order valence-electron chi connectivity index (χ3n) is 5.36. The molecule has 0 fully saturated rings. The van der Waals surface area contributed by atoms with Crippen molar-refractivity contribution in [1.29, 1.82) is 5.26 Å². The number of hydrogen-bond donors (Lipinski definition) is 1. The number of methoxy groups -OCH3 is 1. The highest BCUT2D eigenvalue weighted by Crippen LogP contribution is 2.27. The van der Waals surface area contributed by atoms with Crippen molar-refractivity contribution in [2.24, 2.45) is 0 Å². The van der Waals surface area contributed by atoms with Crippen molar-refractivity contribution in [2.45, 2.75) is 6.54 Å². The summed E-state index contributed by atoms with van der Waals surface area (Å²) in [5, 5.41) is 13.9. The summed E-state index contributed by atoms with van der Waals surface area (Å²) in [6, 6.07) is 21.6. The fraction of sp³-hybridized carbons (Fsp3) is 0.0741. The van der Waals surface area contributed by atoms with E-state index in [1.807, 2.05) is 47.2 Å². The Morgan fingerprint density at radius 3 is 2.60 bits per heavy atom. The Bertz CT molecular complexity index is 1520. The molecule has 0 bridgehead atoms. The minimum Gasteiger partial charge on any atom is -0.465 e. The van der Waals surface area contributed by atoms with Crippen LogP contribution in [0.4, 0.5) is 5.69 Å². The highest BCUT2D eigenvalue weighted by Gasteiger charge is 2.14. The van der Waals surface area contributed by atoms with E-state index in [-0.39, 0.29) is 5.57 Å². The fourth-order valence-corrected chi connectivity index (χ4v) is 4.01. The number of halogens is 2. The number of amides is 1. The van der Waals surface area contributed by atoms with Crippen molar-refractivity contribution < 1.29 is 14.3 Å². The molecule has 4 rings (SSSR count). The molecule has 4 aromatic rings. The van der Waals surface area contributed by atoms with Crippen molar-refractivity contribution in [3.63, 3.8) is 0 Å². The van der Waals surface area contributed by atoms with Gasteiger partial charge in [-0.25, -0.2) is 4.79 Å². The number of nitrogens with zero attached hydrogens (tertiary/aromatic N) is 2. The highest BCUT2D eigenvalue weighted by molar-refractivity contribution is 6.42. The second-order valence-corrected chi connectivity index (χ2v) is 8.49. The Morgan fingerprint density at radius 1 is 1.06 bits per heavy atom. The van der Waals surface area contributed by atoms with E-state index in [0.717, 1.165) is 16.5 Å². The largest absolute Gasteiger partial charge is 0.465 e. The van der Waals surface area contributed by atoms with Crippen LogP contribution in [0.2, 0.25) is 10.0 Å². The van der Waals surface area contributed by atoms with E-state index >= 15 is 0 Å². The van der Waals surface area contributed by atoms with Crippen molar-refractivity contribution in [3.8, 4) is 6.07 Å². The van der Waals surface area contributed by atoms with Crippen molar-refractivity contribution in [3.05, 3.63) is 105 Å². The van der Waals surface area contributed by atoms with Gasteiger partial charge in [0.25, 0.3) is 5.91 Å². The molecule has 6 nitrogen and oxygen atoms in total. The van der Waals surface area contributed by atoms with E-state index in [1.165, 1.54) is 13.2 Å². The minimum absolute atomic E-state index is 0.0633. The summed E-state index contributed by atoms with van der Waals surface area (Å²) < 4.78 is 6.82. The van der Waals surface area contributed by atoms with E-state index < -0.39 is 11.9 Å². The molecule has 0 spiro atoms. The Labute approximate surface area is 211 Å². The van der Waals surface area contributed by atoms with E-state index in [2.05, 4.69) is 5.32 Å². The van der Waals surface area contributed by atoms with Gasteiger partial charge < -0.3 is 14.6 Å². The average molecular weight is 504 g/mol. The van der Waals surface area contributed by atoms with Gasteiger partial charge in [0, 0.05) is 34.9 Å². The monoisotopic (exact) mass is 503 g/mol. The quantitative estimate of drug-likeness (QED) is 0.189. The molecule has 1 heterocycles. The summed E-state index contributed by atoms with van der Waals surface area (Å²) in [5.41, 5.74) is 3.37. The molecule has 0 radical (unpaired) electrons. The maximum Gasteiger partial charge on any atom is 0.337 e. The first-order valence-electron chi connectivity index (χ1n) is 10.5. The summed E-state index contributed by atoms with van der Waals surface area (Å²) in [6.45, 7) is 0.483. The second kappa shape index (κ2) is 10.5. The van der Waals surface area contributed by atoms with Gasteiger partial charge in [-0.1, -0.05) is 53.5 Å². The molecule has 0 aliphatic heterocycles. The van der Waals surface area contributed by atoms with Gasteiger partial charge in [-0.05, 0) is 48.0 Å². The van der Waals surface area contributed by atoms with Gasteiger partial charge in [0.15, 0.2) is 0 Å². The van der Waals surface area contributed by atoms with Crippen LogP contribution in [0.15, 0.2) is 78.5 Å². The second-order valence-electron chi connectivity index (χ2n) is 7.67. The number of ether oxygens (including phenoxy) is 1. The lowest BCUT2D eigenvalue weighted by Gasteiger charge is -2.07. The maximum absolute atomic E-state index is 12.8.